The molecule has 1 aromatic carbocycles. The van der Waals surface area contributed by atoms with Crippen LogP contribution in [0.15, 0.2) is 22.5 Å². The highest BCUT2D eigenvalue weighted by atomic mass is 35.5. The van der Waals surface area contributed by atoms with Crippen molar-refractivity contribution >= 4 is 51.4 Å². The highest BCUT2D eigenvalue weighted by molar-refractivity contribution is 8.01. The summed E-state index contributed by atoms with van der Waals surface area (Å²) in [5.41, 5.74) is 0.637. The van der Waals surface area contributed by atoms with Gasteiger partial charge in [0.25, 0.3) is 0 Å². The maximum atomic E-state index is 12.1. The molecule has 0 radical (unpaired) electrons. The maximum absolute atomic E-state index is 12.1. The molecule has 1 aliphatic rings. The summed E-state index contributed by atoms with van der Waals surface area (Å²) in [6, 6.07) is 5.64. The molecule has 1 aromatic heterocycles. The van der Waals surface area contributed by atoms with Crippen LogP contribution >= 0.6 is 34.7 Å². The monoisotopic (exact) mass is 412 g/mol. The third kappa shape index (κ3) is 5.49. The number of ether oxygens (including phenoxy) is 1. The van der Waals surface area contributed by atoms with Crippen molar-refractivity contribution in [1.82, 2.24) is 10.2 Å². The lowest BCUT2D eigenvalue weighted by Crippen LogP contribution is -2.21. The number of halogens is 1. The highest BCUT2D eigenvalue weighted by Crippen LogP contribution is 2.29. The van der Waals surface area contributed by atoms with E-state index in [1.165, 1.54) is 55.2 Å². The average Bonchev–Trinajstić information content (AvgIpc) is 3.08. The lowest BCUT2D eigenvalue weighted by molar-refractivity contribution is -0.113. The number of anilines is 2. The normalized spacial score (nSPS) is 14.8. The molecule has 140 valence electrons. The lowest BCUT2D eigenvalue weighted by atomic mass is 9.96. The van der Waals surface area contributed by atoms with Crippen LogP contribution in [0.2, 0.25) is 5.02 Å². The number of nitrogens with zero attached hydrogens (tertiary/aromatic N) is 2. The smallest absolute Gasteiger partial charge is 0.234 e. The van der Waals surface area contributed by atoms with Crippen LogP contribution in [0.3, 0.4) is 0 Å². The minimum atomic E-state index is -0.117. The van der Waals surface area contributed by atoms with Gasteiger partial charge in [-0.3, -0.25) is 4.79 Å². The number of carbonyl (C=O) groups is 1. The summed E-state index contributed by atoms with van der Waals surface area (Å²) in [5, 5.41) is 15.9. The fourth-order valence-electron chi connectivity index (χ4n) is 2.82. The summed E-state index contributed by atoms with van der Waals surface area (Å²) in [7, 11) is 1.55. The second-order valence-corrected chi connectivity index (χ2v) is 8.65. The highest BCUT2D eigenvalue weighted by Gasteiger charge is 2.15. The second kappa shape index (κ2) is 9.43. The van der Waals surface area contributed by atoms with Crippen molar-refractivity contribution in [2.75, 3.05) is 23.5 Å². The molecule has 2 aromatic rings. The molecule has 1 fully saturated rings. The van der Waals surface area contributed by atoms with Crippen LogP contribution in [-0.2, 0) is 4.79 Å². The van der Waals surface area contributed by atoms with Gasteiger partial charge in [0.1, 0.15) is 5.75 Å². The first kappa shape index (κ1) is 19.3. The van der Waals surface area contributed by atoms with Crippen LogP contribution in [0.25, 0.3) is 0 Å². The molecule has 26 heavy (non-hydrogen) atoms. The number of aromatic nitrogens is 2. The Hall–Kier alpha value is -1.51. The molecule has 3 rings (SSSR count). The molecule has 0 unspecified atom stereocenters. The van der Waals surface area contributed by atoms with Crippen molar-refractivity contribution in [2.45, 2.75) is 42.5 Å². The van der Waals surface area contributed by atoms with Gasteiger partial charge in [-0.15, -0.1) is 10.2 Å². The standard InChI is InChI=1S/C17H21ClN4O2S2/c1-24-14-8-7-12(9-13(14)18)19-15(23)10-25-17-22-21-16(26-17)20-11-5-3-2-4-6-11/h7-9,11H,2-6,10H2,1H3,(H,19,23)(H,20,21). The third-order valence-electron chi connectivity index (χ3n) is 4.10. The summed E-state index contributed by atoms with van der Waals surface area (Å²) in [5.74, 6) is 0.723. The van der Waals surface area contributed by atoms with Crippen molar-refractivity contribution in [3.8, 4) is 5.75 Å². The van der Waals surface area contributed by atoms with E-state index in [1.54, 1.807) is 25.3 Å². The lowest BCUT2D eigenvalue weighted by Gasteiger charge is -2.21. The first-order chi connectivity index (χ1) is 12.6. The zero-order valence-corrected chi connectivity index (χ0v) is 16.8. The molecule has 0 spiro atoms. The van der Waals surface area contributed by atoms with Crippen molar-refractivity contribution in [3.05, 3.63) is 23.2 Å². The number of benzene rings is 1. The predicted molar refractivity (Wildman–Crippen MR) is 108 cm³/mol. The molecular weight excluding hydrogens is 392 g/mol. The number of hydrogen-bond donors (Lipinski definition) is 2. The number of rotatable bonds is 7. The Labute approximate surface area is 166 Å². The summed E-state index contributed by atoms with van der Waals surface area (Å²) < 4.78 is 5.88. The summed E-state index contributed by atoms with van der Waals surface area (Å²) >= 11 is 8.94. The van der Waals surface area contributed by atoms with Crippen LogP contribution in [-0.4, -0.2) is 35.0 Å². The topological polar surface area (TPSA) is 76.1 Å². The fourth-order valence-corrected chi connectivity index (χ4v) is 4.70. The molecule has 1 aliphatic carbocycles. The number of methoxy groups -OCH3 is 1. The Morgan fingerprint density at radius 3 is 2.88 bits per heavy atom. The van der Waals surface area contributed by atoms with Gasteiger partial charge in [-0.05, 0) is 31.0 Å². The Balaban J connectivity index is 1.46. The fraction of sp³-hybridized carbons (Fsp3) is 0.471. The van der Waals surface area contributed by atoms with E-state index in [0.717, 1.165) is 9.47 Å². The second-order valence-electron chi connectivity index (χ2n) is 6.04. The van der Waals surface area contributed by atoms with Crippen LogP contribution in [0.5, 0.6) is 5.75 Å². The maximum Gasteiger partial charge on any atom is 0.234 e. The number of thioether (sulfide) groups is 1. The zero-order valence-electron chi connectivity index (χ0n) is 14.5. The van der Waals surface area contributed by atoms with Crippen molar-refractivity contribution in [3.63, 3.8) is 0 Å². The van der Waals surface area contributed by atoms with Gasteiger partial charge in [-0.25, -0.2) is 0 Å². The van der Waals surface area contributed by atoms with Gasteiger partial charge in [0.15, 0.2) is 4.34 Å². The molecule has 1 heterocycles. The molecule has 0 aliphatic heterocycles. The van der Waals surface area contributed by atoms with E-state index in [-0.39, 0.29) is 11.7 Å². The van der Waals surface area contributed by atoms with Crippen molar-refractivity contribution < 1.29 is 9.53 Å². The quantitative estimate of drug-likeness (QED) is 0.643. The van der Waals surface area contributed by atoms with E-state index < -0.39 is 0 Å². The summed E-state index contributed by atoms with van der Waals surface area (Å²) in [6.07, 6.45) is 6.24. The van der Waals surface area contributed by atoms with Gasteiger partial charge < -0.3 is 15.4 Å². The van der Waals surface area contributed by atoms with E-state index in [0.29, 0.717) is 22.5 Å². The van der Waals surface area contributed by atoms with Crippen LogP contribution < -0.4 is 15.4 Å². The molecule has 0 bridgehead atoms. The largest absolute Gasteiger partial charge is 0.495 e. The van der Waals surface area contributed by atoms with Gasteiger partial charge in [0.05, 0.1) is 17.9 Å². The van der Waals surface area contributed by atoms with Crippen LogP contribution in [0.4, 0.5) is 10.8 Å². The molecule has 2 N–H and O–H groups in total. The molecule has 6 nitrogen and oxygen atoms in total. The van der Waals surface area contributed by atoms with Gasteiger partial charge in [0, 0.05) is 11.7 Å². The average molecular weight is 413 g/mol. The SMILES string of the molecule is COc1ccc(NC(=O)CSc2nnc(NC3CCCCC3)s2)cc1Cl. The van der Waals surface area contributed by atoms with E-state index >= 15 is 0 Å². The number of hydrogen-bond acceptors (Lipinski definition) is 7. The molecule has 0 saturated heterocycles. The Bertz CT molecular complexity index is 750. The number of amides is 1. The van der Waals surface area contributed by atoms with Gasteiger partial charge in [-0.2, -0.15) is 0 Å². The van der Waals surface area contributed by atoms with E-state index in [2.05, 4.69) is 20.8 Å². The summed E-state index contributed by atoms with van der Waals surface area (Å²) in [4.78, 5) is 12.1. The van der Waals surface area contributed by atoms with Crippen molar-refractivity contribution in [2.24, 2.45) is 0 Å². The Morgan fingerprint density at radius 1 is 1.35 bits per heavy atom. The minimum Gasteiger partial charge on any atom is -0.495 e. The van der Waals surface area contributed by atoms with Crippen LogP contribution in [0, 0.1) is 0 Å². The first-order valence-corrected chi connectivity index (χ1v) is 10.7. The first-order valence-electron chi connectivity index (χ1n) is 8.50. The van der Waals surface area contributed by atoms with Crippen molar-refractivity contribution in [1.29, 1.82) is 0 Å². The number of nitrogens with one attached hydrogen (secondary N) is 2. The Morgan fingerprint density at radius 2 is 2.15 bits per heavy atom. The third-order valence-corrected chi connectivity index (χ3v) is 6.38. The van der Waals surface area contributed by atoms with E-state index in [1.807, 2.05) is 0 Å². The van der Waals surface area contributed by atoms with E-state index in [9.17, 15) is 4.79 Å². The molecule has 9 heteroatoms. The van der Waals surface area contributed by atoms with E-state index in [4.69, 9.17) is 16.3 Å². The van der Waals surface area contributed by atoms with Crippen LogP contribution in [0.1, 0.15) is 32.1 Å². The summed E-state index contributed by atoms with van der Waals surface area (Å²) in [6.45, 7) is 0. The van der Waals surface area contributed by atoms with Gasteiger partial charge in [0.2, 0.25) is 11.0 Å². The van der Waals surface area contributed by atoms with Gasteiger partial charge >= 0.3 is 0 Å². The molecule has 1 amide bonds. The molecule has 1 saturated carbocycles. The Kier molecular flexibility index (Phi) is 6.99. The minimum absolute atomic E-state index is 0.117. The zero-order chi connectivity index (χ0) is 18.4. The van der Waals surface area contributed by atoms with Gasteiger partial charge in [-0.1, -0.05) is 54.0 Å². The molecular formula is C17H21ClN4O2S2. The number of carbonyl (C=O) groups excluding carboxylic acids is 1. The molecule has 0 atom stereocenters. The predicted octanol–water partition coefficient (Wildman–Crippen LogP) is 4.68.